The van der Waals surface area contributed by atoms with Crippen molar-refractivity contribution in [1.29, 1.82) is 0 Å². The van der Waals surface area contributed by atoms with E-state index in [0.29, 0.717) is 12.8 Å². The van der Waals surface area contributed by atoms with Crippen molar-refractivity contribution in [2.24, 2.45) is 0 Å². The molecule has 0 aromatic rings. The zero-order valence-electron chi connectivity index (χ0n) is 20.2. The van der Waals surface area contributed by atoms with Crippen molar-refractivity contribution in [3.63, 3.8) is 0 Å². The van der Waals surface area contributed by atoms with Crippen LogP contribution >= 0.6 is 25.3 Å². The Morgan fingerprint density at radius 2 is 0.656 bits per heavy atom. The van der Waals surface area contributed by atoms with Crippen molar-refractivity contribution in [2.75, 3.05) is 13.2 Å². The number of aliphatic hydroxyl groups excluding tert-OH is 2. The quantitative estimate of drug-likeness (QED) is 0.0671. The number of carbonyl (C=O) groups is 2. The summed E-state index contributed by atoms with van der Waals surface area (Å²) in [5, 5.41) is 19.0. The van der Waals surface area contributed by atoms with Gasteiger partial charge in [0.2, 0.25) is 0 Å². The van der Waals surface area contributed by atoms with Crippen molar-refractivity contribution in [1.82, 2.24) is 0 Å². The van der Waals surface area contributed by atoms with Crippen LogP contribution in [0.4, 0.5) is 0 Å². The molecule has 0 aliphatic heterocycles. The molecule has 0 bridgehead atoms. The minimum atomic E-state index is -0.00876. The molecular weight excluding hydrogens is 440 g/mol. The van der Waals surface area contributed by atoms with Crippen LogP contribution in [0.25, 0.3) is 0 Å². The van der Waals surface area contributed by atoms with Crippen LogP contribution in [0.5, 0.6) is 0 Å². The second-order valence-corrected chi connectivity index (χ2v) is 9.89. The Kier molecular flexibility index (Phi) is 23.6. The lowest BCUT2D eigenvalue weighted by Gasteiger charge is -2.15. The van der Waals surface area contributed by atoms with E-state index >= 15 is 0 Å². The summed E-state index contributed by atoms with van der Waals surface area (Å²) in [6, 6.07) is 0. The molecule has 188 valence electrons. The van der Waals surface area contributed by atoms with Crippen LogP contribution in [-0.4, -0.2) is 33.7 Å². The number of carbonyl (C=O) groups excluding carboxylic acids is 2. The molecule has 0 amide bonds. The van der Waals surface area contributed by atoms with E-state index in [1.165, 1.54) is 62.5 Å². The molecule has 0 saturated heterocycles. The molecule has 4 nitrogen and oxygen atoms in total. The van der Waals surface area contributed by atoms with Gasteiger partial charge in [-0.3, -0.25) is 9.59 Å². The Morgan fingerprint density at radius 3 is 0.906 bits per heavy atom. The van der Waals surface area contributed by atoms with E-state index in [1.807, 2.05) is 0 Å². The summed E-state index contributed by atoms with van der Waals surface area (Å²) < 4.78 is 0. The topological polar surface area (TPSA) is 74.6 Å². The SMILES string of the molecule is O=C(S)CCCCCCCCCC(CCO)=C(CCO)CCCCCCCCCC(=O)S. The molecule has 0 fully saturated rings. The van der Waals surface area contributed by atoms with Crippen molar-refractivity contribution in [3.8, 4) is 0 Å². The first kappa shape index (κ1) is 31.7. The second kappa shape index (κ2) is 23.8. The first-order valence-corrected chi connectivity index (χ1v) is 13.8. The fraction of sp³-hybridized carbons (Fsp3) is 0.846. The third-order valence-corrected chi connectivity index (χ3v) is 6.51. The van der Waals surface area contributed by atoms with Gasteiger partial charge in [-0.1, -0.05) is 75.4 Å². The maximum absolute atomic E-state index is 10.8. The molecule has 0 heterocycles. The third-order valence-electron chi connectivity index (χ3n) is 6.07. The van der Waals surface area contributed by atoms with Crippen LogP contribution in [0.3, 0.4) is 0 Å². The summed E-state index contributed by atoms with van der Waals surface area (Å²) in [6.07, 6.45) is 20.8. The van der Waals surface area contributed by atoms with Crippen LogP contribution in [0.15, 0.2) is 11.1 Å². The van der Waals surface area contributed by atoms with E-state index < -0.39 is 0 Å². The lowest BCUT2D eigenvalue weighted by Crippen LogP contribution is -2.00. The highest BCUT2D eigenvalue weighted by Gasteiger charge is 2.07. The van der Waals surface area contributed by atoms with E-state index in [-0.39, 0.29) is 23.4 Å². The van der Waals surface area contributed by atoms with Crippen molar-refractivity contribution in [2.45, 2.75) is 128 Å². The van der Waals surface area contributed by atoms with Gasteiger partial charge >= 0.3 is 0 Å². The van der Waals surface area contributed by atoms with Crippen molar-refractivity contribution < 1.29 is 19.8 Å². The minimum Gasteiger partial charge on any atom is -0.396 e. The predicted molar refractivity (Wildman–Crippen MR) is 142 cm³/mol. The fourth-order valence-electron chi connectivity index (χ4n) is 4.22. The molecule has 0 spiro atoms. The van der Waals surface area contributed by atoms with Gasteiger partial charge in [-0.25, -0.2) is 0 Å². The van der Waals surface area contributed by atoms with Crippen LogP contribution in [0.1, 0.15) is 128 Å². The molecular formula is C26H48O4S2. The Hall–Kier alpha value is -0.300. The molecule has 32 heavy (non-hydrogen) atoms. The van der Waals surface area contributed by atoms with Crippen LogP contribution in [-0.2, 0) is 9.59 Å². The number of thiol groups is 2. The predicted octanol–water partition coefficient (Wildman–Crippen LogP) is 6.98. The van der Waals surface area contributed by atoms with E-state index in [2.05, 4.69) is 25.3 Å². The van der Waals surface area contributed by atoms with Crippen LogP contribution in [0, 0.1) is 0 Å². The van der Waals surface area contributed by atoms with E-state index in [4.69, 9.17) is 0 Å². The lowest BCUT2D eigenvalue weighted by atomic mass is 9.92. The summed E-state index contributed by atoms with van der Waals surface area (Å²) in [4.78, 5) is 21.6. The van der Waals surface area contributed by atoms with Gasteiger partial charge in [0.25, 0.3) is 0 Å². The first-order valence-electron chi connectivity index (χ1n) is 12.9. The standard InChI is InChI=1S/C26H48O4S2/c27-21-19-23(15-11-7-3-1-5-9-13-17-25(29)31)24(20-22-28)16-12-8-4-2-6-10-14-18-26(30)32/h27-28H,1-22H2,(H,29,31)(H,30,32). The molecule has 0 rings (SSSR count). The summed E-state index contributed by atoms with van der Waals surface area (Å²) in [5.74, 6) is 0. The van der Waals surface area contributed by atoms with Gasteiger partial charge in [0.1, 0.15) is 0 Å². The van der Waals surface area contributed by atoms with Crippen molar-refractivity contribution >= 4 is 35.5 Å². The van der Waals surface area contributed by atoms with Gasteiger partial charge in [-0.15, -0.1) is 25.3 Å². The van der Waals surface area contributed by atoms with Gasteiger partial charge < -0.3 is 10.2 Å². The molecule has 6 heteroatoms. The van der Waals surface area contributed by atoms with Crippen LogP contribution < -0.4 is 0 Å². The number of hydrogen-bond donors (Lipinski definition) is 4. The molecule has 0 aromatic carbocycles. The van der Waals surface area contributed by atoms with Gasteiger partial charge in [0.05, 0.1) is 0 Å². The Balaban J connectivity index is 4.09. The smallest absolute Gasteiger partial charge is 0.185 e. The van der Waals surface area contributed by atoms with Crippen molar-refractivity contribution in [3.05, 3.63) is 11.1 Å². The number of hydrogen-bond acceptors (Lipinski definition) is 4. The zero-order chi connectivity index (χ0) is 23.9. The van der Waals surface area contributed by atoms with Gasteiger partial charge in [0, 0.05) is 26.1 Å². The number of rotatable bonds is 24. The molecule has 2 N–H and O–H groups in total. The van der Waals surface area contributed by atoms with E-state index in [1.54, 1.807) is 0 Å². The third kappa shape index (κ3) is 21.5. The molecule has 0 atom stereocenters. The normalized spacial score (nSPS) is 12.1. The maximum Gasteiger partial charge on any atom is 0.185 e. The average molecular weight is 489 g/mol. The Labute approximate surface area is 207 Å². The number of aliphatic hydroxyl groups is 2. The zero-order valence-corrected chi connectivity index (χ0v) is 22.0. The molecule has 0 aliphatic carbocycles. The van der Waals surface area contributed by atoms with Gasteiger partial charge in [-0.2, -0.15) is 0 Å². The minimum absolute atomic E-state index is 0.00876. The van der Waals surface area contributed by atoms with Gasteiger partial charge in [-0.05, 0) is 51.4 Å². The molecule has 0 saturated carbocycles. The monoisotopic (exact) mass is 488 g/mol. The summed E-state index contributed by atoms with van der Waals surface area (Å²) >= 11 is 7.60. The number of unbranched alkanes of at least 4 members (excludes halogenated alkanes) is 12. The lowest BCUT2D eigenvalue weighted by molar-refractivity contribution is -0.111. The molecule has 0 radical (unpaired) electrons. The van der Waals surface area contributed by atoms with Gasteiger partial charge in [0.15, 0.2) is 10.2 Å². The summed E-state index contributed by atoms with van der Waals surface area (Å²) in [6.45, 7) is 0.367. The van der Waals surface area contributed by atoms with E-state index in [9.17, 15) is 19.8 Å². The molecule has 0 aliphatic rings. The summed E-state index contributed by atoms with van der Waals surface area (Å²) in [5.41, 5.74) is 2.73. The van der Waals surface area contributed by atoms with Crippen LogP contribution in [0.2, 0.25) is 0 Å². The average Bonchev–Trinajstić information content (AvgIpc) is 2.75. The first-order chi connectivity index (χ1) is 15.5. The fourth-order valence-corrected chi connectivity index (χ4v) is 4.54. The Morgan fingerprint density at radius 1 is 0.406 bits per heavy atom. The second-order valence-electron chi connectivity index (χ2n) is 8.89. The largest absolute Gasteiger partial charge is 0.396 e. The highest BCUT2D eigenvalue weighted by atomic mass is 32.1. The maximum atomic E-state index is 10.8. The highest BCUT2D eigenvalue weighted by Crippen LogP contribution is 2.25. The summed E-state index contributed by atoms with van der Waals surface area (Å²) in [7, 11) is 0. The highest BCUT2D eigenvalue weighted by molar-refractivity contribution is 7.96. The Bertz CT molecular complexity index is 462. The molecule has 0 aromatic heterocycles. The molecule has 0 unspecified atom stereocenters. The van der Waals surface area contributed by atoms with E-state index in [0.717, 1.165) is 64.2 Å².